The molecule has 0 spiro atoms. The van der Waals surface area contributed by atoms with Crippen LogP contribution in [0.25, 0.3) is 0 Å². The number of carbonyl (C=O) groups excluding carboxylic acids is 1. The molecular formula is C14H13ClN2O4. The molecule has 0 aliphatic rings. The van der Waals surface area contributed by atoms with E-state index in [4.69, 9.17) is 21.1 Å². The van der Waals surface area contributed by atoms with Crippen LogP contribution in [0.4, 0.5) is 10.5 Å². The van der Waals surface area contributed by atoms with Crippen LogP contribution in [0.1, 0.15) is 21.9 Å². The van der Waals surface area contributed by atoms with Gasteiger partial charge in [0.2, 0.25) is 5.76 Å². The number of nitrogens with one attached hydrogen (secondary N) is 2. The van der Waals surface area contributed by atoms with Crippen molar-refractivity contribution in [1.29, 1.82) is 0 Å². The molecule has 2 aromatic rings. The van der Waals surface area contributed by atoms with Gasteiger partial charge in [-0.3, -0.25) is 0 Å². The highest BCUT2D eigenvalue weighted by atomic mass is 35.5. The fourth-order valence-electron chi connectivity index (χ4n) is 1.65. The molecule has 3 N–H and O–H groups in total. The third-order valence-corrected chi connectivity index (χ3v) is 2.98. The Bertz CT molecular complexity index is 681. The average molecular weight is 309 g/mol. The number of anilines is 1. The maximum absolute atomic E-state index is 11.8. The molecule has 7 heteroatoms. The highest BCUT2D eigenvalue weighted by Crippen LogP contribution is 2.20. The van der Waals surface area contributed by atoms with Crippen molar-refractivity contribution >= 4 is 29.3 Å². The molecule has 1 aromatic heterocycles. The molecule has 0 fully saturated rings. The molecular weight excluding hydrogens is 296 g/mol. The van der Waals surface area contributed by atoms with Crippen LogP contribution in [-0.4, -0.2) is 17.1 Å². The lowest BCUT2D eigenvalue weighted by Crippen LogP contribution is -2.28. The van der Waals surface area contributed by atoms with Crippen LogP contribution in [0.3, 0.4) is 0 Å². The third kappa shape index (κ3) is 4.00. The van der Waals surface area contributed by atoms with Crippen molar-refractivity contribution in [2.45, 2.75) is 13.5 Å². The smallest absolute Gasteiger partial charge is 0.371 e. The lowest BCUT2D eigenvalue weighted by molar-refractivity contribution is 0.0660. The van der Waals surface area contributed by atoms with Crippen LogP contribution in [0, 0.1) is 6.92 Å². The van der Waals surface area contributed by atoms with E-state index >= 15 is 0 Å². The lowest BCUT2D eigenvalue weighted by Gasteiger charge is -2.09. The molecule has 2 rings (SSSR count). The molecule has 1 aromatic carbocycles. The highest BCUT2D eigenvalue weighted by Gasteiger charge is 2.10. The zero-order valence-electron chi connectivity index (χ0n) is 11.1. The Kier molecular flexibility index (Phi) is 4.49. The number of carbonyl (C=O) groups is 2. The van der Waals surface area contributed by atoms with Crippen LogP contribution in [0.2, 0.25) is 5.02 Å². The monoisotopic (exact) mass is 308 g/mol. The van der Waals surface area contributed by atoms with Gasteiger partial charge >= 0.3 is 12.0 Å². The summed E-state index contributed by atoms with van der Waals surface area (Å²) in [4.78, 5) is 22.4. The minimum absolute atomic E-state index is 0.0821. The van der Waals surface area contributed by atoms with E-state index in [2.05, 4.69) is 10.6 Å². The first-order chi connectivity index (χ1) is 9.95. The van der Waals surface area contributed by atoms with Gasteiger partial charge < -0.3 is 20.2 Å². The number of hydrogen-bond donors (Lipinski definition) is 3. The Balaban J connectivity index is 1.92. The summed E-state index contributed by atoms with van der Waals surface area (Å²) in [5.41, 5.74) is 1.48. The van der Waals surface area contributed by atoms with E-state index in [1.807, 2.05) is 6.92 Å². The van der Waals surface area contributed by atoms with Gasteiger partial charge in [0.25, 0.3) is 0 Å². The number of amides is 2. The maximum atomic E-state index is 11.8. The minimum Gasteiger partial charge on any atom is -0.475 e. The Morgan fingerprint density at radius 2 is 2.05 bits per heavy atom. The molecule has 21 heavy (non-hydrogen) atoms. The van der Waals surface area contributed by atoms with Gasteiger partial charge in [0.05, 0.1) is 6.54 Å². The molecule has 0 saturated carbocycles. The number of rotatable bonds is 4. The first-order valence-corrected chi connectivity index (χ1v) is 6.46. The van der Waals surface area contributed by atoms with Crippen LogP contribution < -0.4 is 10.6 Å². The Hall–Kier alpha value is -2.47. The summed E-state index contributed by atoms with van der Waals surface area (Å²) in [6, 6.07) is 7.56. The minimum atomic E-state index is -1.15. The molecule has 110 valence electrons. The van der Waals surface area contributed by atoms with E-state index in [1.165, 1.54) is 12.1 Å². The number of hydrogen-bond acceptors (Lipinski definition) is 3. The van der Waals surface area contributed by atoms with Crippen LogP contribution in [0.15, 0.2) is 34.7 Å². The van der Waals surface area contributed by atoms with E-state index in [0.29, 0.717) is 16.5 Å². The molecule has 0 atom stereocenters. The summed E-state index contributed by atoms with van der Waals surface area (Å²) in [5.74, 6) is -0.969. The summed E-state index contributed by atoms with van der Waals surface area (Å²) >= 11 is 5.86. The van der Waals surface area contributed by atoms with Crippen LogP contribution >= 0.6 is 11.6 Å². The first kappa shape index (κ1) is 14.9. The van der Waals surface area contributed by atoms with Gasteiger partial charge in [-0.15, -0.1) is 0 Å². The predicted octanol–water partition coefficient (Wildman–Crippen LogP) is 3.26. The summed E-state index contributed by atoms with van der Waals surface area (Å²) in [5, 5.41) is 14.5. The second-order valence-electron chi connectivity index (χ2n) is 4.34. The van der Waals surface area contributed by atoms with E-state index < -0.39 is 12.0 Å². The fraction of sp³-hybridized carbons (Fsp3) is 0.143. The molecule has 0 radical (unpaired) electrons. The van der Waals surface area contributed by atoms with E-state index in [9.17, 15) is 9.59 Å². The summed E-state index contributed by atoms with van der Waals surface area (Å²) in [7, 11) is 0. The SMILES string of the molecule is Cc1ccc(Cl)cc1NC(=O)NCc1ccc(C(=O)O)o1. The van der Waals surface area contributed by atoms with Crippen molar-refractivity contribution < 1.29 is 19.1 Å². The normalized spacial score (nSPS) is 10.2. The largest absolute Gasteiger partial charge is 0.475 e. The van der Waals surface area contributed by atoms with Crippen molar-refractivity contribution in [3.05, 3.63) is 52.4 Å². The van der Waals surface area contributed by atoms with Gasteiger partial charge in [-0.05, 0) is 36.8 Å². The molecule has 0 aliphatic heterocycles. The average Bonchev–Trinajstić information content (AvgIpc) is 2.90. The number of halogens is 1. The van der Waals surface area contributed by atoms with E-state index in [0.717, 1.165) is 5.56 Å². The second kappa shape index (κ2) is 6.32. The van der Waals surface area contributed by atoms with Crippen LogP contribution in [0.5, 0.6) is 0 Å². The van der Waals surface area contributed by atoms with Crippen molar-refractivity contribution in [3.8, 4) is 0 Å². The quantitative estimate of drug-likeness (QED) is 0.808. The first-order valence-electron chi connectivity index (χ1n) is 6.08. The second-order valence-corrected chi connectivity index (χ2v) is 4.77. The third-order valence-electron chi connectivity index (χ3n) is 2.74. The Morgan fingerprint density at radius 1 is 1.29 bits per heavy atom. The van der Waals surface area contributed by atoms with Crippen molar-refractivity contribution in [1.82, 2.24) is 5.32 Å². The van der Waals surface area contributed by atoms with Gasteiger partial charge in [-0.1, -0.05) is 17.7 Å². The highest BCUT2D eigenvalue weighted by molar-refractivity contribution is 6.31. The summed E-state index contributed by atoms with van der Waals surface area (Å²) in [6.07, 6.45) is 0. The van der Waals surface area contributed by atoms with Gasteiger partial charge in [0.15, 0.2) is 0 Å². The van der Waals surface area contributed by atoms with Crippen molar-refractivity contribution in [2.24, 2.45) is 0 Å². The Labute approximate surface area is 125 Å². The van der Waals surface area contributed by atoms with E-state index in [1.54, 1.807) is 18.2 Å². The van der Waals surface area contributed by atoms with Crippen molar-refractivity contribution in [2.75, 3.05) is 5.32 Å². The number of furan rings is 1. The number of aromatic carboxylic acids is 1. The molecule has 0 aliphatic carbocycles. The van der Waals surface area contributed by atoms with Gasteiger partial charge in [0, 0.05) is 10.7 Å². The number of carboxylic acids is 1. The molecule has 2 amide bonds. The van der Waals surface area contributed by atoms with E-state index in [-0.39, 0.29) is 12.3 Å². The molecule has 6 nitrogen and oxygen atoms in total. The molecule has 0 bridgehead atoms. The number of carboxylic acid groups (broad SMARTS) is 1. The van der Waals surface area contributed by atoms with Gasteiger partial charge in [-0.25, -0.2) is 9.59 Å². The zero-order valence-corrected chi connectivity index (χ0v) is 11.9. The standard InChI is InChI=1S/C14H13ClN2O4/c1-8-2-3-9(15)6-11(8)17-14(20)16-7-10-4-5-12(21-10)13(18)19/h2-6H,7H2,1H3,(H,18,19)(H2,16,17,20). The number of urea groups is 1. The van der Waals surface area contributed by atoms with Gasteiger partial charge in [-0.2, -0.15) is 0 Å². The fourth-order valence-corrected chi connectivity index (χ4v) is 1.82. The number of aryl methyl sites for hydroxylation is 1. The molecule has 0 saturated heterocycles. The van der Waals surface area contributed by atoms with Crippen LogP contribution in [-0.2, 0) is 6.54 Å². The van der Waals surface area contributed by atoms with Gasteiger partial charge in [0.1, 0.15) is 5.76 Å². The maximum Gasteiger partial charge on any atom is 0.371 e. The molecule has 0 unspecified atom stereocenters. The lowest BCUT2D eigenvalue weighted by atomic mass is 10.2. The predicted molar refractivity (Wildman–Crippen MR) is 77.7 cm³/mol. The van der Waals surface area contributed by atoms with Crippen molar-refractivity contribution in [3.63, 3.8) is 0 Å². The summed E-state index contributed by atoms with van der Waals surface area (Å²) < 4.78 is 5.03. The summed E-state index contributed by atoms with van der Waals surface area (Å²) in [6.45, 7) is 1.93. The Morgan fingerprint density at radius 3 is 2.71 bits per heavy atom. The zero-order chi connectivity index (χ0) is 15.4. The topological polar surface area (TPSA) is 91.6 Å². The number of benzene rings is 1. The molecule has 1 heterocycles.